The van der Waals surface area contributed by atoms with Gasteiger partial charge in [-0.1, -0.05) is 11.8 Å². The Morgan fingerprint density at radius 3 is 3.09 bits per heavy atom. The number of rotatable bonds is 3. The number of nitrogens with one attached hydrogen (secondary N) is 1. The molecule has 4 rings (SSSR count). The molecule has 1 atom stereocenters. The van der Waals surface area contributed by atoms with Crippen LogP contribution in [0.15, 0.2) is 10.7 Å². The molecule has 2 amide bonds. The topological polar surface area (TPSA) is 74.2 Å². The number of urea groups is 1. The minimum absolute atomic E-state index is 0.0622. The lowest BCUT2D eigenvalue weighted by Gasteiger charge is -2.37. The summed E-state index contributed by atoms with van der Waals surface area (Å²) in [6.07, 6.45) is 5.73. The fourth-order valence-electron chi connectivity index (χ4n) is 3.27. The van der Waals surface area contributed by atoms with Crippen molar-refractivity contribution in [3.8, 4) is 0 Å². The Kier molecular flexibility index (Phi) is 3.98. The Balaban J connectivity index is 1.62. The van der Waals surface area contributed by atoms with Gasteiger partial charge in [-0.3, -0.25) is 0 Å². The lowest BCUT2D eigenvalue weighted by atomic mass is 10.0. The minimum atomic E-state index is 0.0622. The van der Waals surface area contributed by atoms with Crippen LogP contribution in [0.4, 0.5) is 10.6 Å². The number of nitrogens with zero attached hydrogens (tertiary/aromatic N) is 5. The lowest BCUT2D eigenvalue weighted by molar-refractivity contribution is 0.189. The molecule has 2 saturated heterocycles. The highest BCUT2D eigenvalue weighted by atomic mass is 32.2. The summed E-state index contributed by atoms with van der Waals surface area (Å²) in [6, 6.07) is 0.316. The molecule has 1 unspecified atom stereocenters. The van der Waals surface area contributed by atoms with Crippen molar-refractivity contribution in [2.24, 2.45) is 0 Å². The van der Waals surface area contributed by atoms with E-state index in [0.29, 0.717) is 0 Å². The maximum atomic E-state index is 11.9. The zero-order valence-corrected chi connectivity index (χ0v) is 14.5. The first-order valence-corrected chi connectivity index (χ1v) is 9.75. The first-order chi connectivity index (χ1) is 11.3. The van der Waals surface area contributed by atoms with E-state index in [2.05, 4.69) is 25.2 Å². The van der Waals surface area contributed by atoms with Crippen molar-refractivity contribution < 1.29 is 4.79 Å². The number of anilines is 1. The summed E-state index contributed by atoms with van der Waals surface area (Å²) in [5, 5.41) is 2.89. The van der Waals surface area contributed by atoms with Crippen LogP contribution in [0, 0.1) is 0 Å². The summed E-state index contributed by atoms with van der Waals surface area (Å²) in [5.41, 5.74) is 0.769. The van der Waals surface area contributed by atoms with Crippen molar-refractivity contribution in [3.63, 3.8) is 0 Å². The van der Waals surface area contributed by atoms with Crippen molar-refractivity contribution in [3.05, 3.63) is 6.33 Å². The molecule has 4 heterocycles. The van der Waals surface area contributed by atoms with Gasteiger partial charge in [0.05, 0.1) is 6.04 Å². The Bertz CT molecular complexity index is 735. The number of fused-ring (bicyclic) bond motifs is 1. The van der Waals surface area contributed by atoms with Gasteiger partial charge < -0.3 is 15.1 Å². The predicted molar refractivity (Wildman–Crippen MR) is 92.3 cm³/mol. The van der Waals surface area contributed by atoms with Gasteiger partial charge in [-0.15, -0.1) is 11.3 Å². The van der Waals surface area contributed by atoms with E-state index in [0.717, 1.165) is 59.5 Å². The van der Waals surface area contributed by atoms with Gasteiger partial charge in [0.1, 0.15) is 11.0 Å². The van der Waals surface area contributed by atoms with E-state index < -0.39 is 0 Å². The number of aromatic nitrogens is 3. The van der Waals surface area contributed by atoms with Crippen LogP contribution in [0.3, 0.4) is 0 Å². The molecule has 7 nitrogen and oxygen atoms in total. The highest BCUT2D eigenvalue weighted by molar-refractivity contribution is 8.00. The number of hydrogen-bond donors (Lipinski definition) is 1. The second-order valence-corrected chi connectivity index (χ2v) is 7.75. The van der Waals surface area contributed by atoms with Gasteiger partial charge in [0.25, 0.3) is 0 Å². The van der Waals surface area contributed by atoms with Gasteiger partial charge in [0.2, 0.25) is 0 Å². The Labute approximate surface area is 142 Å². The van der Waals surface area contributed by atoms with E-state index in [9.17, 15) is 4.79 Å². The number of hydrogen-bond acceptors (Lipinski definition) is 7. The molecule has 1 N–H and O–H groups in total. The van der Waals surface area contributed by atoms with Crippen molar-refractivity contribution in [1.29, 1.82) is 0 Å². The lowest BCUT2D eigenvalue weighted by Crippen LogP contribution is -2.49. The maximum absolute atomic E-state index is 11.9. The van der Waals surface area contributed by atoms with Crippen LogP contribution in [0.2, 0.25) is 0 Å². The molecule has 0 aromatic carbocycles. The Morgan fingerprint density at radius 1 is 1.39 bits per heavy atom. The Hall–Kier alpha value is -1.61. The predicted octanol–water partition coefficient (Wildman–Crippen LogP) is 1.80. The molecule has 2 aromatic heterocycles. The van der Waals surface area contributed by atoms with Crippen molar-refractivity contribution >= 4 is 45.3 Å². The number of piperidine rings is 1. The van der Waals surface area contributed by atoms with Crippen molar-refractivity contribution in [2.75, 3.05) is 37.3 Å². The average molecular weight is 350 g/mol. The zero-order valence-electron chi connectivity index (χ0n) is 12.9. The summed E-state index contributed by atoms with van der Waals surface area (Å²) in [4.78, 5) is 29.5. The highest BCUT2D eigenvalue weighted by Gasteiger charge is 2.32. The fraction of sp³-hybridized carbons (Fsp3) is 0.571. The number of carbonyl (C=O) groups excluding carboxylic acids is 1. The largest absolute Gasteiger partial charge is 0.353 e. The third-order valence-corrected chi connectivity index (χ3v) is 6.38. The van der Waals surface area contributed by atoms with Crippen LogP contribution in [0.5, 0.6) is 0 Å². The van der Waals surface area contributed by atoms with Gasteiger partial charge in [-0.2, -0.15) is 0 Å². The average Bonchev–Trinajstić information content (AvgIpc) is 3.20. The molecular weight excluding hydrogens is 332 g/mol. The van der Waals surface area contributed by atoms with Crippen LogP contribution in [-0.4, -0.2) is 64.4 Å². The maximum Gasteiger partial charge on any atom is 0.317 e. The normalized spacial score (nSPS) is 22.0. The summed E-state index contributed by atoms with van der Waals surface area (Å²) >= 11 is 3.27. The minimum Gasteiger partial charge on any atom is -0.353 e. The van der Waals surface area contributed by atoms with Crippen LogP contribution < -0.4 is 10.2 Å². The molecule has 122 valence electrons. The molecule has 2 fully saturated rings. The fourth-order valence-corrected chi connectivity index (χ4v) is 4.80. The molecule has 2 aliphatic rings. The van der Waals surface area contributed by atoms with Crippen LogP contribution in [-0.2, 0) is 0 Å². The van der Waals surface area contributed by atoms with Crippen LogP contribution in [0.25, 0.3) is 10.3 Å². The summed E-state index contributed by atoms with van der Waals surface area (Å²) in [7, 11) is 0. The van der Waals surface area contributed by atoms with E-state index in [1.807, 2.05) is 11.2 Å². The number of amides is 2. The molecule has 0 radical (unpaired) electrons. The first-order valence-electron chi connectivity index (χ1n) is 7.71. The SMILES string of the molecule is CSc1nc2ncnc(N3CCCC(N4CCNC4=O)C3)c2s1. The summed E-state index contributed by atoms with van der Waals surface area (Å²) < 4.78 is 2.05. The monoisotopic (exact) mass is 350 g/mol. The van der Waals surface area contributed by atoms with E-state index in [1.165, 1.54) is 0 Å². The molecule has 0 saturated carbocycles. The van der Waals surface area contributed by atoms with Crippen LogP contribution >= 0.6 is 23.1 Å². The van der Waals surface area contributed by atoms with Gasteiger partial charge in [0, 0.05) is 26.2 Å². The van der Waals surface area contributed by atoms with E-state index >= 15 is 0 Å². The third kappa shape index (κ3) is 2.72. The second kappa shape index (κ2) is 6.12. The zero-order chi connectivity index (χ0) is 15.8. The van der Waals surface area contributed by atoms with E-state index in [1.54, 1.807) is 29.4 Å². The van der Waals surface area contributed by atoms with E-state index in [4.69, 9.17) is 0 Å². The smallest absolute Gasteiger partial charge is 0.317 e. The van der Waals surface area contributed by atoms with Gasteiger partial charge >= 0.3 is 6.03 Å². The molecular formula is C14H18N6OS2. The molecule has 2 aromatic rings. The number of thiazole rings is 1. The summed E-state index contributed by atoms with van der Waals surface area (Å²) in [6.45, 7) is 3.34. The summed E-state index contributed by atoms with van der Waals surface area (Å²) in [5.74, 6) is 0.956. The van der Waals surface area contributed by atoms with Gasteiger partial charge in [-0.25, -0.2) is 19.7 Å². The van der Waals surface area contributed by atoms with E-state index in [-0.39, 0.29) is 12.1 Å². The first kappa shape index (κ1) is 14.9. The Morgan fingerprint density at radius 2 is 2.30 bits per heavy atom. The number of carbonyl (C=O) groups is 1. The molecule has 2 aliphatic heterocycles. The van der Waals surface area contributed by atoms with Crippen molar-refractivity contribution in [1.82, 2.24) is 25.2 Å². The van der Waals surface area contributed by atoms with Gasteiger partial charge in [0.15, 0.2) is 15.8 Å². The quantitative estimate of drug-likeness (QED) is 0.851. The van der Waals surface area contributed by atoms with Crippen molar-refractivity contribution in [2.45, 2.75) is 23.2 Å². The second-order valence-electron chi connectivity index (χ2n) is 5.70. The van der Waals surface area contributed by atoms with Gasteiger partial charge in [-0.05, 0) is 19.1 Å². The molecule has 0 bridgehead atoms. The standard InChI is InChI=1S/C14H18N6OS2/c1-22-14-18-11-10(23-14)12(17-8-16-11)19-5-2-3-9(7-19)20-6-4-15-13(20)21/h8-9H,2-7H2,1H3,(H,15,21). The molecule has 9 heteroatoms. The third-order valence-electron chi connectivity index (χ3n) is 4.35. The molecule has 0 spiro atoms. The molecule has 23 heavy (non-hydrogen) atoms. The highest BCUT2D eigenvalue weighted by Crippen LogP contribution is 2.34. The number of thioether (sulfide) groups is 1. The van der Waals surface area contributed by atoms with Crippen LogP contribution in [0.1, 0.15) is 12.8 Å². The molecule has 0 aliphatic carbocycles.